The maximum atomic E-state index is 12.1. The van der Waals surface area contributed by atoms with Gasteiger partial charge >= 0.3 is 6.03 Å². The van der Waals surface area contributed by atoms with Gasteiger partial charge in [-0.1, -0.05) is 41.6 Å². The topological polar surface area (TPSA) is 84.2 Å². The van der Waals surface area contributed by atoms with Gasteiger partial charge in [-0.3, -0.25) is 4.98 Å². The van der Waals surface area contributed by atoms with E-state index in [1.165, 1.54) is 10.5 Å². The lowest BCUT2D eigenvalue weighted by Crippen LogP contribution is -2.37. The molecule has 7 nitrogen and oxygen atoms in total. The summed E-state index contributed by atoms with van der Waals surface area (Å²) in [5.41, 5.74) is 1.81. The molecule has 128 valence electrons. The molecule has 0 atom stereocenters. The fourth-order valence-electron chi connectivity index (χ4n) is 2.29. The van der Waals surface area contributed by atoms with E-state index >= 15 is 0 Å². The van der Waals surface area contributed by atoms with Crippen molar-refractivity contribution in [2.45, 2.75) is 13.0 Å². The largest absolute Gasteiger partial charge is 0.338 e. The zero-order valence-corrected chi connectivity index (χ0v) is 13.9. The Bertz CT molecular complexity index is 805. The number of rotatable bonds is 6. The third-order valence-electron chi connectivity index (χ3n) is 3.61. The summed E-state index contributed by atoms with van der Waals surface area (Å²) in [6, 6.07) is 15.3. The molecule has 3 aromatic rings. The molecular weight excluding hydrogens is 318 g/mol. The van der Waals surface area contributed by atoms with Crippen LogP contribution in [-0.2, 0) is 13.0 Å². The first-order valence-electron chi connectivity index (χ1n) is 7.99. The van der Waals surface area contributed by atoms with Gasteiger partial charge in [-0.25, -0.2) is 4.79 Å². The number of amides is 2. The van der Waals surface area contributed by atoms with Crippen LogP contribution in [0.3, 0.4) is 0 Å². The standard InChI is InChI=1S/C18H19N5O2/c1-23(18(24)20-12-10-14-7-3-2-4-8-14)13-16-21-17(22-25-16)15-9-5-6-11-19-15/h2-9,11H,10,12-13H2,1H3,(H,20,24). The highest BCUT2D eigenvalue weighted by Crippen LogP contribution is 2.12. The monoisotopic (exact) mass is 337 g/mol. The lowest BCUT2D eigenvalue weighted by molar-refractivity contribution is 0.200. The van der Waals surface area contributed by atoms with Crippen LogP contribution in [0.15, 0.2) is 59.3 Å². The highest BCUT2D eigenvalue weighted by Gasteiger charge is 2.14. The number of nitrogens with zero attached hydrogens (tertiary/aromatic N) is 4. The molecule has 0 bridgehead atoms. The van der Waals surface area contributed by atoms with Crippen LogP contribution in [0.5, 0.6) is 0 Å². The van der Waals surface area contributed by atoms with Gasteiger partial charge in [0.1, 0.15) is 12.2 Å². The van der Waals surface area contributed by atoms with Crippen molar-refractivity contribution in [2.75, 3.05) is 13.6 Å². The first-order chi connectivity index (χ1) is 12.2. The van der Waals surface area contributed by atoms with Gasteiger partial charge in [-0.05, 0) is 24.1 Å². The summed E-state index contributed by atoms with van der Waals surface area (Å²) >= 11 is 0. The number of aromatic nitrogens is 3. The van der Waals surface area contributed by atoms with Crippen LogP contribution >= 0.6 is 0 Å². The second-order valence-electron chi connectivity index (χ2n) is 5.55. The van der Waals surface area contributed by atoms with Crippen LogP contribution in [0, 0.1) is 0 Å². The average molecular weight is 337 g/mol. The quantitative estimate of drug-likeness (QED) is 0.747. The molecule has 0 unspecified atom stereocenters. The van der Waals surface area contributed by atoms with Crippen LogP contribution in [0.25, 0.3) is 11.5 Å². The lowest BCUT2D eigenvalue weighted by atomic mass is 10.1. The average Bonchev–Trinajstić information content (AvgIpc) is 3.12. The summed E-state index contributed by atoms with van der Waals surface area (Å²) in [7, 11) is 1.68. The van der Waals surface area contributed by atoms with Crippen LogP contribution in [0.2, 0.25) is 0 Å². The lowest BCUT2D eigenvalue weighted by Gasteiger charge is -2.15. The number of urea groups is 1. The zero-order valence-electron chi connectivity index (χ0n) is 13.9. The van der Waals surface area contributed by atoms with E-state index in [1.807, 2.05) is 42.5 Å². The summed E-state index contributed by atoms with van der Waals surface area (Å²) in [4.78, 5) is 22.1. The number of hydrogen-bond donors (Lipinski definition) is 1. The first-order valence-corrected chi connectivity index (χ1v) is 7.99. The van der Waals surface area contributed by atoms with Gasteiger partial charge in [-0.2, -0.15) is 4.98 Å². The Kier molecular flexibility index (Phi) is 5.36. The fraction of sp³-hybridized carbons (Fsp3) is 0.222. The number of carbonyl (C=O) groups excluding carboxylic acids is 1. The van der Waals surface area contributed by atoms with Gasteiger partial charge in [0, 0.05) is 19.8 Å². The van der Waals surface area contributed by atoms with Gasteiger partial charge < -0.3 is 14.7 Å². The van der Waals surface area contributed by atoms with Gasteiger partial charge in [0.25, 0.3) is 0 Å². The molecule has 0 aliphatic rings. The van der Waals surface area contributed by atoms with Gasteiger partial charge in [0.05, 0.1) is 0 Å². The molecule has 1 N–H and O–H groups in total. The van der Waals surface area contributed by atoms with Crippen molar-refractivity contribution < 1.29 is 9.32 Å². The second-order valence-corrected chi connectivity index (χ2v) is 5.55. The number of benzene rings is 1. The van der Waals surface area contributed by atoms with E-state index in [0.29, 0.717) is 24.0 Å². The Balaban J connectivity index is 1.49. The predicted molar refractivity (Wildman–Crippen MR) is 92.5 cm³/mol. The summed E-state index contributed by atoms with van der Waals surface area (Å²) in [6.07, 6.45) is 2.45. The zero-order chi connectivity index (χ0) is 17.5. The van der Waals surface area contributed by atoms with Crippen LogP contribution in [0.4, 0.5) is 4.79 Å². The first kappa shape index (κ1) is 16.6. The van der Waals surface area contributed by atoms with Gasteiger partial charge in [-0.15, -0.1) is 0 Å². The van der Waals surface area contributed by atoms with E-state index in [1.54, 1.807) is 19.3 Å². The molecular formula is C18H19N5O2. The highest BCUT2D eigenvalue weighted by atomic mass is 16.5. The maximum Gasteiger partial charge on any atom is 0.317 e. The Labute approximate surface area is 145 Å². The predicted octanol–water partition coefficient (Wildman–Crippen LogP) is 2.52. The fourth-order valence-corrected chi connectivity index (χ4v) is 2.29. The molecule has 1 aromatic carbocycles. The molecule has 0 radical (unpaired) electrons. The van der Waals surface area contributed by atoms with Crippen molar-refractivity contribution in [1.82, 2.24) is 25.3 Å². The normalized spacial score (nSPS) is 10.4. The molecule has 0 fully saturated rings. The molecule has 0 saturated heterocycles. The SMILES string of the molecule is CN(Cc1nc(-c2ccccn2)no1)C(=O)NCCc1ccccc1. The smallest absolute Gasteiger partial charge is 0.317 e. The maximum absolute atomic E-state index is 12.1. The minimum absolute atomic E-state index is 0.187. The Morgan fingerprint density at radius 1 is 1.16 bits per heavy atom. The van der Waals surface area contributed by atoms with Crippen molar-refractivity contribution in [3.05, 3.63) is 66.2 Å². The van der Waals surface area contributed by atoms with Crippen LogP contribution in [0.1, 0.15) is 11.5 Å². The molecule has 2 aromatic heterocycles. The molecule has 0 aliphatic heterocycles. The highest BCUT2D eigenvalue weighted by molar-refractivity contribution is 5.73. The van der Waals surface area contributed by atoms with Crippen molar-refractivity contribution in [2.24, 2.45) is 0 Å². The number of nitrogens with one attached hydrogen (secondary N) is 1. The minimum atomic E-state index is -0.187. The molecule has 0 spiro atoms. The third kappa shape index (κ3) is 4.63. The molecule has 0 aliphatic carbocycles. The molecule has 7 heteroatoms. The van der Waals surface area contributed by atoms with Gasteiger partial charge in [0.2, 0.25) is 11.7 Å². The van der Waals surface area contributed by atoms with E-state index in [9.17, 15) is 4.79 Å². The van der Waals surface area contributed by atoms with E-state index in [-0.39, 0.29) is 12.6 Å². The summed E-state index contributed by atoms with van der Waals surface area (Å²) in [5.74, 6) is 0.773. The molecule has 2 heterocycles. The number of pyridine rings is 1. The van der Waals surface area contributed by atoms with Crippen molar-refractivity contribution in [3.8, 4) is 11.5 Å². The Morgan fingerprint density at radius 2 is 1.96 bits per heavy atom. The Hall–Kier alpha value is -3.22. The molecule has 3 rings (SSSR count). The summed E-state index contributed by atoms with van der Waals surface area (Å²) in [6.45, 7) is 0.799. The summed E-state index contributed by atoms with van der Waals surface area (Å²) in [5, 5.41) is 6.77. The van der Waals surface area contributed by atoms with Crippen molar-refractivity contribution in [1.29, 1.82) is 0 Å². The Morgan fingerprint density at radius 3 is 2.72 bits per heavy atom. The molecule has 0 saturated carbocycles. The second kappa shape index (κ2) is 8.05. The summed E-state index contributed by atoms with van der Waals surface area (Å²) < 4.78 is 5.19. The van der Waals surface area contributed by atoms with Crippen LogP contribution < -0.4 is 5.32 Å². The van der Waals surface area contributed by atoms with Crippen molar-refractivity contribution in [3.63, 3.8) is 0 Å². The van der Waals surface area contributed by atoms with E-state index < -0.39 is 0 Å². The molecule has 25 heavy (non-hydrogen) atoms. The van der Waals surface area contributed by atoms with Gasteiger partial charge in [0.15, 0.2) is 0 Å². The number of hydrogen-bond acceptors (Lipinski definition) is 5. The van der Waals surface area contributed by atoms with Crippen molar-refractivity contribution >= 4 is 6.03 Å². The van der Waals surface area contributed by atoms with E-state index in [4.69, 9.17) is 4.52 Å². The minimum Gasteiger partial charge on any atom is -0.338 e. The third-order valence-corrected chi connectivity index (χ3v) is 3.61. The molecule has 2 amide bonds. The van der Waals surface area contributed by atoms with Crippen LogP contribution in [-0.4, -0.2) is 39.6 Å². The number of carbonyl (C=O) groups is 1. The van der Waals surface area contributed by atoms with E-state index in [0.717, 1.165) is 6.42 Å². The van der Waals surface area contributed by atoms with E-state index in [2.05, 4.69) is 20.4 Å².